The number of aryl methyl sites for hydroxylation is 1. The first-order chi connectivity index (χ1) is 13.4. The van der Waals surface area contributed by atoms with Crippen LogP contribution in [0.4, 0.5) is 10.5 Å². The third kappa shape index (κ3) is 6.51. The zero-order valence-electron chi connectivity index (χ0n) is 15.5. The van der Waals surface area contributed by atoms with E-state index in [-0.39, 0.29) is 18.9 Å². The molecule has 3 N–H and O–H groups in total. The molecule has 0 aliphatic heterocycles. The number of anilines is 1. The Morgan fingerprint density at radius 1 is 1.11 bits per heavy atom. The molecule has 0 fully saturated rings. The molecule has 0 saturated heterocycles. The molecule has 0 unspecified atom stereocenters. The van der Waals surface area contributed by atoms with Crippen molar-refractivity contribution in [2.24, 2.45) is 0 Å². The van der Waals surface area contributed by atoms with Gasteiger partial charge >= 0.3 is 12.0 Å². The minimum atomic E-state index is -0.751. The number of carbonyl (C=O) groups excluding carboxylic acids is 4. The van der Waals surface area contributed by atoms with Crippen molar-refractivity contribution in [1.82, 2.24) is 10.6 Å². The predicted octanol–water partition coefficient (Wildman–Crippen LogP) is 2.38. The van der Waals surface area contributed by atoms with E-state index >= 15 is 0 Å². The second kappa shape index (κ2) is 10.2. The summed E-state index contributed by atoms with van der Waals surface area (Å²) in [5.74, 6) is -1.69. The van der Waals surface area contributed by atoms with E-state index in [9.17, 15) is 19.2 Å². The maximum atomic E-state index is 11.9. The molecule has 1 aromatic heterocycles. The van der Waals surface area contributed by atoms with Crippen LogP contribution in [-0.4, -0.2) is 37.0 Å². The van der Waals surface area contributed by atoms with E-state index in [0.717, 1.165) is 11.1 Å². The number of nitrogens with one attached hydrogen (secondary N) is 3. The molecule has 0 aliphatic carbocycles. The van der Waals surface area contributed by atoms with Crippen LogP contribution < -0.4 is 16.0 Å². The highest BCUT2D eigenvalue weighted by molar-refractivity contribution is 7.08. The third-order valence-electron chi connectivity index (χ3n) is 3.87. The fourth-order valence-corrected chi connectivity index (χ4v) is 2.83. The first-order valence-corrected chi connectivity index (χ1v) is 9.44. The Balaban J connectivity index is 1.65. The topological polar surface area (TPSA) is 114 Å². The van der Waals surface area contributed by atoms with Gasteiger partial charge in [-0.1, -0.05) is 12.1 Å². The summed E-state index contributed by atoms with van der Waals surface area (Å²) in [5, 5.41) is 10.7. The van der Waals surface area contributed by atoms with Crippen LogP contribution in [0, 0.1) is 13.8 Å². The van der Waals surface area contributed by atoms with Gasteiger partial charge in [0.1, 0.15) is 0 Å². The molecule has 0 saturated carbocycles. The molecule has 28 heavy (non-hydrogen) atoms. The monoisotopic (exact) mass is 403 g/mol. The molecule has 8 nitrogen and oxygen atoms in total. The summed E-state index contributed by atoms with van der Waals surface area (Å²) in [5.41, 5.74) is 3.00. The van der Waals surface area contributed by atoms with Crippen LogP contribution in [0.5, 0.6) is 0 Å². The minimum Gasteiger partial charge on any atom is -0.456 e. The van der Waals surface area contributed by atoms with Crippen molar-refractivity contribution in [3.8, 4) is 0 Å². The average molecular weight is 403 g/mol. The molecule has 0 aliphatic rings. The van der Waals surface area contributed by atoms with Crippen LogP contribution in [-0.2, 0) is 14.3 Å². The van der Waals surface area contributed by atoms with E-state index in [2.05, 4.69) is 16.0 Å². The Morgan fingerprint density at radius 2 is 1.89 bits per heavy atom. The van der Waals surface area contributed by atoms with Gasteiger partial charge < -0.3 is 15.4 Å². The predicted molar refractivity (Wildman–Crippen MR) is 105 cm³/mol. The third-order valence-corrected chi connectivity index (χ3v) is 4.55. The first-order valence-electron chi connectivity index (χ1n) is 8.50. The SMILES string of the molecule is Cc1cccc(NC(=O)NC(=O)COC(=O)CCNC(=O)c2ccsc2)c1C. The molecule has 9 heteroatoms. The second-order valence-corrected chi connectivity index (χ2v) is 6.71. The van der Waals surface area contributed by atoms with Gasteiger partial charge in [-0.05, 0) is 42.5 Å². The summed E-state index contributed by atoms with van der Waals surface area (Å²) >= 11 is 1.40. The molecular formula is C19H21N3O5S. The van der Waals surface area contributed by atoms with Gasteiger partial charge in [-0.2, -0.15) is 11.3 Å². The molecule has 0 bridgehead atoms. The fourth-order valence-electron chi connectivity index (χ4n) is 2.19. The lowest BCUT2D eigenvalue weighted by Crippen LogP contribution is -2.37. The van der Waals surface area contributed by atoms with Gasteiger partial charge in [0.2, 0.25) is 0 Å². The van der Waals surface area contributed by atoms with Crippen LogP contribution in [0.3, 0.4) is 0 Å². The van der Waals surface area contributed by atoms with E-state index < -0.39 is 24.5 Å². The molecule has 0 radical (unpaired) electrons. The van der Waals surface area contributed by atoms with Crippen LogP contribution in [0.2, 0.25) is 0 Å². The molecule has 1 aromatic carbocycles. The number of urea groups is 1. The van der Waals surface area contributed by atoms with Gasteiger partial charge in [0.15, 0.2) is 6.61 Å². The molecule has 148 valence electrons. The second-order valence-electron chi connectivity index (χ2n) is 5.93. The minimum absolute atomic E-state index is 0.0855. The average Bonchev–Trinajstić information content (AvgIpc) is 3.18. The number of amides is 4. The van der Waals surface area contributed by atoms with Crippen molar-refractivity contribution in [2.45, 2.75) is 20.3 Å². The number of rotatable bonds is 7. The van der Waals surface area contributed by atoms with Gasteiger partial charge in [-0.15, -0.1) is 0 Å². The lowest BCUT2D eigenvalue weighted by Gasteiger charge is -2.11. The molecule has 0 spiro atoms. The van der Waals surface area contributed by atoms with E-state index in [1.807, 2.05) is 19.9 Å². The number of hydrogen-bond donors (Lipinski definition) is 3. The number of carbonyl (C=O) groups is 4. The van der Waals surface area contributed by atoms with Crippen LogP contribution in [0.15, 0.2) is 35.0 Å². The largest absolute Gasteiger partial charge is 0.456 e. The van der Waals surface area contributed by atoms with Crippen LogP contribution in [0.25, 0.3) is 0 Å². The first kappa shape index (κ1) is 21.1. The summed E-state index contributed by atoms with van der Waals surface area (Å²) in [6.45, 7) is 3.26. The van der Waals surface area contributed by atoms with Crippen LogP contribution in [0.1, 0.15) is 27.9 Å². The van der Waals surface area contributed by atoms with Gasteiger partial charge in [0, 0.05) is 23.2 Å². The number of imide groups is 1. The number of ether oxygens (including phenoxy) is 1. The Hall–Kier alpha value is -3.20. The Bertz CT molecular complexity index is 864. The zero-order valence-corrected chi connectivity index (χ0v) is 16.4. The van der Waals surface area contributed by atoms with E-state index in [1.54, 1.807) is 29.0 Å². The highest BCUT2D eigenvalue weighted by Crippen LogP contribution is 2.17. The number of hydrogen-bond acceptors (Lipinski definition) is 6. The molecule has 1 heterocycles. The molecule has 2 aromatic rings. The van der Waals surface area contributed by atoms with Gasteiger partial charge in [-0.25, -0.2) is 4.79 Å². The van der Waals surface area contributed by atoms with Gasteiger partial charge in [0.05, 0.1) is 6.42 Å². The fraction of sp³-hybridized carbons (Fsp3) is 0.263. The maximum absolute atomic E-state index is 11.9. The standard InChI is InChI=1S/C19H21N3O5S/c1-12-4-3-5-15(13(12)2)21-19(26)22-16(23)10-27-17(24)6-8-20-18(25)14-7-9-28-11-14/h3-5,7,9,11H,6,8,10H2,1-2H3,(H,20,25)(H2,21,22,23,26). The summed E-state index contributed by atoms with van der Waals surface area (Å²) in [6.07, 6.45) is -0.0855. The van der Waals surface area contributed by atoms with Crippen LogP contribution >= 0.6 is 11.3 Å². The molecule has 4 amide bonds. The van der Waals surface area contributed by atoms with E-state index in [4.69, 9.17) is 4.74 Å². The number of esters is 1. The summed E-state index contributed by atoms with van der Waals surface area (Å²) in [4.78, 5) is 46.9. The molecular weight excluding hydrogens is 382 g/mol. The zero-order chi connectivity index (χ0) is 20.5. The smallest absolute Gasteiger partial charge is 0.325 e. The van der Waals surface area contributed by atoms with Gasteiger partial charge in [0.25, 0.3) is 11.8 Å². The number of benzene rings is 1. The lowest BCUT2D eigenvalue weighted by atomic mass is 10.1. The quantitative estimate of drug-likeness (QED) is 0.614. The lowest BCUT2D eigenvalue weighted by molar-refractivity contribution is -0.148. The van der Waals surface area contributed by atoms with Crippen molar-refractivity contribution < 1.29 is 23.9 Å². The Kier molecular flexibility index (Phi) is 7.70. The van der Waals surface area contributed by atoms with Crippen molar-refractivity contribution >= 4 is 40.8 Å². The summed E-state index contributed by atoms with van der Waals surface area (Å²) < 4.78 is 4.79. The summed E-state index contributed by atoms with van der Waals surface area (Å²) in [6, 6.07) is 6.38. The van der Waals surface area contributed by atoms with Crippen molar-refractivity contribution in [3.63, 3.8) is 0 Å². The highest BCUT2D eigenvalue weighted by Gasteiger charge is 2.13. The Labute approximate surface area is 166 Å². The Morgan fingerprint density at radius 3 is 2.61 bits per heavy atom. The van der Waals surface area contributed by atoms with Crippen molar-refractivity contribution in [1.29, 1.82) is 0 Å². The normalized spacial score (nSPS) is 10.1. The molecule has 2 rings (SSSR count). The van der Waals surface area contributed by atoms with Crippen molar-refractivity contribution in [2.75, 3.05) is 18.5 Å². The van der Waals surface area contributed by atoms with Crippen molar-refractivity contribution in [3.05, 3.63) is 51.7 Å². The molecule has 0 atom stereocenters. The number of thiophene rings is 1. The summed E-state index contributed by atoms with van der Waals surface area (Å²) in [7, 11) is 0. The van der Waals surface area contributed by atoms with E-state index in [0.29, 0.717) is 11.3 Å². The van der Waals surface area contributed by atoms with Gasteiger partial charge in [-0.3, -0.25) is 19.7 Å². The van der Waals surface area contributed by atoms with E-state index in [1.165, 1.54) is 11.3 Å². The maximum Gasteiger partial charge on any atom is 0.325 e. The highest BCUT2D eigenvalue weighted by atomic mass is 32.1.